The Morgan fingerprint density at radius 3 is 2.81 bits per heavy atom. The van der Waals surface area contributed by atoms with Gasteiger partial charge in [0.2, 0.25) is 5.91 Å². The SMILES string of the molecule is CNC(=O)CCNc1cc(Cl)c(N)cc1C. The number of nitrogens with two attached hydrogens (primary N) is 1. The standard InChI is InChI=1S/C11H16ClN3O/c1-7-5-9(13)8(12)6-10(7)15-4-3-11(16)14-2/h5-6,15H,3-4,13H2,1-2H3,(H,14,16). The van der Waals surface area contributed by atoms with Gasteiger partial charge in [0.25, 0.3) is 0 Å². The van der Waals surface area contributed by atoms with Gasteiger partial charge >= 0.3 is 0 Å². The third-order valence-electron chi connectivity index (χ3n) is 2.29. The van der Waals surface area contributed by atoms with E-state index in [0.29, 0.717) is 23.7 Å². The van der Waals surface area contributed by atoms with Crippen molar-refractivity contribution in [1.82, 2.24) is 5.32 Å². The normalized spacial score (nSPS) is 9.94. The van der Waals surface area contributed by atoms with Crippen LogP contribution in [0, 0.1) is 6.92 Å². The van der Waals surface area contributed by atoms with Crippen LogP contribution in [0.3, 0.4) is 0 Å². The summed E-state index contributed by atoms with van der Waals surface area (Å²) in [5.41, 5.74) is 8.15. The van der Waals surface area contributed by atoms with Gasteiger partial charge in [-0.15, -0.1) is 0 Å². The van der Waals surface area contributed by atoms with Crippen LogP contribution in [-0.2, 0) is 4.79 Å². The van der Waals surface area contributed by atoms with Crippen LogP contribution in [-0.4, -0.2) is 19.5 Å². The van der Waals surface area contributed by atoms with Crippen LogP contribution in [0.15, 0.2) is 12.1 Å². The number of aryl methyl sites for hydroxylation is 1. The topological polar surface area (TPSA) is 67.2 Å². The van der Waals surface area contributed by atoms with E-state index in [4.69, 9.17) is 17.3 Å². The van der Waals surface area contributed by atoms with Crippen LogP contribution in [0.1, 0.15) is 12.0 Å². The van der Waals surface area contributed by atoms with Crippen molar-refractivity contribution >= 4 is 28.9 Å². The molecule has 0 aliphatic rings. The molecule has 1 aromatic rings. The number of nitrogen functional groups attached to an aromatic ring is 1. The molecule has 0 spiro atoms. The highest BCUT2D eigenvalue weighted by molar-refractivity contribution is 6.33. The summed E-state index contributed by atoms with van der Waals surface area (Å²) in [6.45, 7) is 2.51. The molecule has 4 N–H and O–H groups in total. The molecule has 16 heavy (non-hydrogen) atoms. The van der Waals surface area contributed by atoms with E-state index < -0.39 is 0 Å². The van der Waals surface area contributed by atoms with Crippen molar-refractivity contribution in [3.8, 4) is 0 Å². The summed E-state index contributed by atoms with van der Waals surface area (Å²) in [6, 6.07) is 3.58. The van der Waals surface area contributed by atoms with Crippen LogP contribution < -0.4 is 16.4 Å². The van der Waals surface area contributed by atoms with Crippen molar-refractivity contribution in [2.75, 3.05) is 24.6 Å². The molecule has 0 heterocycles. The summed E-state index contributed by atoms with van der Waals surface area (Å²) in [4.78, 5) is 11.0. The number of anilines is 2. The molecule has 0 aromatic heterocycles. The van der Waals surface area contributed by atoms with Gasteiger partial charge in [0.05, 0.1) is 10.7 Å². The van der Waals surface area contributed by atoms with Crippen LogP contribution in [0.5, 0.6) is 0 Å². The van der Waals surface area contributed by atoms with E-state index in [1.54, 1.807) is 13.1 Å². The minimum absolute atomic E-state index is 0.00620. The lowest BCUT2D eigenvalue weighted by Gasteiger charge is -2.10. The third kappa shape index (κ3) is 3.31. The number of amides is 1. The second-order valence-corrected chi connectivity index (χ2v) is 3.95. The predicted molar refractivity (Wildman–Crippen MR) is 67.8 cm³/mol. The Balaban J connectivity index is 2.60. The Kier molecular flexibility index (Phi) is 4.43. The highest BCUT2D eigenvalue weighted by Crippen LogP contribution is 2.26. The van der Waals surface area contributed by atoms with Gasteiger partial charge < -0.3 is 16.4 Å². The first-order chi connectivity index (χ1) is 7.54. The average Bonchev–Trinajstić information content (AvgIpc) is 2.25. The summed E-state index contributed by atoms with van der Waals surface area (Å²) < 4.78 is 0. The van der Waals surface area contributed by atoms with Crippen molar-refractivity contribution in [3.05, 3.63) is 22.7 Å². The Morgan fingerprint density at radius 1 is 1.50 bits per heavy atom. The second kappa shape index (κ2) is 5.61. The van der Waals surface area contributed by atoms with Crippen LogP contribution in [0.2, 0.25) is 5.02 Å². The third-order valence-corrected chi connectivity index (χ3v) is 2.62. The monoisotopic (exact) mass is 241 g/mol. The first-order valence-corrected chi connectivity index (χ1v) is 5.42. The maximum absolute atomic E-state index is 11.0. The number of hydrogen-bond donors (Lipinski definition) is 3. The molecule has 4 nitrogen and oxygen atoms in total. The molecule has 88 valence electrons. The lowest BCUT2D eigenvalue weighted by Crippen LogP contribution is -2.20. The second-order valence-electron chi connectivity index (χ2n) is 3.54. The lowest BCUT2D eigenvalue weighted by atomic mass is 10.1. The molecular formula is C11H16ClN3O. The zero-order chi connectivity index (χ0) is 12.1. The minimum atomic E-state index is 0.00620. The van der Waals surface area contributed by atoms with Crippen LogP contribution in [0.4, 0.5) is 11.4 Å². The number of benzene rings is 1. The fourth-order valence-electron chi connectivity index (χ4n) is 1.33. The summed E-state index contributed by atoms with van der Waals surface area (Å²) in [5.74, 6) is 0.00620. The summed E-state index contributed by atoms with van der Waals surface area (Å²) in [6.07, 6.45) is 0.429. The number of halogens is 1. The van der Waals surface area contributed by atoms with E-state index in [1.807, 2.05) is 13.0 Å². The van der Waals surface area contributed by atoms with Gasteiger partial charge in [-0.05, 0) is 24.6 Å². The largest absolute Gasteiger partial charge is 0.398 e. The Labute approximate surface area is 100 Å². The zero-order valence-corrected chi connectivity index (χ0v) is 10.2. The lowest BCUT2D eigenvalue weighted by molar-refractivity contribution is -0.120. The number of nitrogens with one attached hydrogen (secondary N) is 2. The van der Waals surface area contributed by atoms with Gasteiger partial charge in [0.1, 0.15) is 0 Å². The van der Waals surface area contributed by atoms with E-state index in [9.17, 15) is 4.79 Å². The van der Waals surface area contributed by atoms with Gasteiger partial charge in [-0.2, -0.15) is 0 Å². The van der Waals surface area contributed by atoms with E-state index in [2.05, 4.69) is 10.6 Å². The molecular weight excluding hydrogens is 226 g/mol. The van der Waals surface area contributed by atoms with Gasteiger partial charge in [-0.25, -0.2) is 0 Å². The van der Waals surface area contributed by atoms with Gasteiger partial charge in [-0.1, -0.05) is 11.6 Å². The van der Waals surface area contributed by atoms with Crippen molar-refractivity contribution in [3.63, 3.8) is 0 Å². The van der Waals surface area contributed by atoms with Crippen LogP contribution >= 0.6 is 11.6 Å². The van der Waals surface area contributed by atoms with Gasteiger partial charge in [0.15, 0.2) is 0 Å². The van der Waals surface area contributed by atoms with Crippen molar-refractivity contribution < 1.29 is 4.79 Å². The fraction of sp³-hybridized carbons (Fsp3) is 0.364. The molecule has 0 aliphatic carbocycles. The molecule has 0 bridgehead atoms. The molecule has 0 unspecified atom stereocenters. The molecule has 0 atom stereocenters. The summed E-state index contributed by atoms with van der Waals surface area (Å²) >= 11 is 5.91. The highest BCUT2D eigenvalue weighted by atomic mass is 35.5. The van der Waals surface area contributed by atoms with Crippen molar-refractivity contribution in [2.45, 2.75) is 13.3 Å². The maximum atomic E-state index is 11.0. The molecule has 0 aliphatic heterocycles. The quantitative estimate of drug-likeness (QED) is 0.704. The number of carbonyl (C=O) groups is 1. The van der Waals surface area contributed by atoms with E-state index in [-0.39, 0.29) is 5.91 Å². The molecule has 0 saturated carbocycles. The smallest absolute Gasteiger partial charge is 0.221 e. The molecule has 1 amide bonds. The number of rotatable bonds is 4. The van der Waals surface area contributed by atoms with Crippen LogP contribution in [0.25, 0.3) is 0 Å². The zero-order valence-electron chi connectivity index (χ0n) is 9.43. The molecule has 1 aromatic carbocycles. The highest BCUT2D eigenvalue weighted by Gasteiger charge is 2.04. The maximum Gasteiger partial charge on any atom is 0.221 e. The predicted octanol–water partition coefficient (Wildman–Crippen LogP) is 1.78. The Hall–Kier alpha value is -1.42. The Bertz CT molecular complexity index is 393. The number of carbonyl (C=O) groups excluding carboxylic acids is 1. The molecule has 0 saturated heterocycles. The fourth-order valence-corrected chi connectivity index (χ4v) is 1.49. The van der Waals surface area contributed by atoms with E-state index in [0.717, 1.165) is 11.3 Å². The molecule has 0 fully saturated rings. The molecule has 0 radical (unpaired) electrons. The first-order valence-electron chi connectivity index (χ1n) is 5.04. The molecule has 1 rings (SSSR count). The number of hydrogen-bond acceptors (Lipinski definition) is 3. The summed E-state index contributed by atoms with van der Waals surface area (Å²) in [7, 11) is 1.62. The van der Waals surface area contributed by atoms with Crippen molar-refractivity contribution in [2.24, 2.45) is 0 Å². The van der Waals surface area contributed by atoms with Gasteiger partial charge in [0, 0.05) is 25.7 Å². The minimum Gasteiger partial charge on any atom is -0.398 e. The van der Waals surface area contributed by atoms with E-state index >= 15 is 0 Å². The first kappa shape index (κ1) is 12.6. The van der Waals surface area contributed by atoms with Gasteiger partial charge in [-0.3, -0.25) is 4.79 Å². The van der Waals surface area contributed by atoms with Crippen molar-refractivity contribution in [1.29, 1.82) is 0 Å². The Morgan fingerprint density at radius 2 is 2.19 bits per heavy atom. The average molecular weight is 242 g/mol. The summed E-state index contributed by atoms with van der Waals surface area (Å²) in [5, 5.41) is 6.23. The van der Waals surface area contributed by atoms with E-state index in [1.165, 1.54) is 0 Å². The molecule has 5 heteroatoms.